The minimum Gasteiger partial charge on any atom is -0.361 e. The van der Waals surface area contributed by atoms with Crippen LogP contribution >= 0.6 is 0 Å². The van der Waals surface area contributed by atoms with Crippen molar-refractivity contribution in [3.8, 4) is 0 Å². The third kappa shape index (κ3) is 3.26. The van der Waals surface area contributed by atoms with Gasteiger partial charge in [0.15, 0.2) is 0 Å². The molecule has 5 fully saturated rings. The number of aromatic amines is 1. The summed E-state index contributed by atoms with van der Waals surface area (Å²) in [4.78, 5) is 51.1. The zero-order valence-corrected chi connectivity index (χ0v) is 24.3. The predicted octanol–water partition coefficient (Wildman–Crippen LogP) is 2.45. The largest absolute Gasteiger partial charge is 0.361 e. The molecule has 10 heteroatoms. The molecule has 3 aromatic rings. The second-order valence-corrected chi connectivity index (χ2v) is 13.4. The van der Waals surface area contributed by atoms with E-state index in [1.54, 1.807) is 11.8 Å². The number of hydrogen-bond acceptors (Lipinski definition) is 6. The number of carbonyl (C=O) groups excluding carboxylic acids is 3. The molecule has 5 aliphatic heterocycles. The van der Waals surface area contributed by atoms with Crippen molar-refractivity contribution in [1.29, 1.82) is 0 Å². The first kappa shape index (κ1) is 25.7. The fraction of sp³-hybridized carbons (Fsp3) is 0.485. The summed E-state index contributed by atoms with van der Waals surface area (Å²) in [6, 6.07) is 15.6. The zero-order valence-electron chi connectivity index (χ0n) is 24.3. The number of amides is 3. The maximum atomic E-state index is 14.3. The predicted molar refractivity (Wildman–Crippen MR) is 155 cm³/mol. The number of ether oxygens (including phenoxy) is 2. The Bertz CT molecular complexity index is 1710. The number of hydrogen-bond donors (Lipinski definition) is 2. The van der Waals surface area contributed by atoms with E-state index in [2.05, 4.69) is 46.6 Å². The number of rotatable bonds is 4. The monoisotopic (exact) mass is 581 g/mol. The SMILES string of the molecule is CN1C[C@H](C(=O)N[C@]2(C)O[C@@]34O[C@]35CCCN5C(=O)[C@H](Cc3ccccc3)N4C2=O)C[C@@H]2c3cccc4[nH]cc(c34)C[C@H]21. The highest BCUT2D eigenvalue weighted by Crippen LogP contribution is 2.66. The molecule has 10 nitrogen and oxygen atoms in total. The topological polar surface area (TPSA) is 111 Å². The van der Waals surface area contributed by atoms with Gasteiger partial charge in [0.2, 0.25) is 23.3 Å². The van der Waals surface area contributed by atoms with Gasteiger partial charge in [0.05, 0.1) is 5.92 Å². The lowest BCUT2D eigenvalue weighted by molar-refractivity contribution is -0.177. The number of H-pyrrole nitrogens is 1. The van der Waals surface area contributed by atoms with E-state index in [0.29, 0.717) is 38.4 Å². The minimum absolute atomic E-state index is 0.127. The van der Waals surface area contributed by atoms with E-state index in [1.807, 2.05) is 30.3 Å². The van der Waals surface area contributed by atoms with Gasteiger partial charge in [-0.2, -0.15) is 0 Å². The van der Waals surface area contributed by atoms with Crippen molar-refractivity contribution >= 4 is 28.6 Å². The molecule has 9 rings (SSSR count). The molecule has 6 aliphatic rings. The van der Waals surface area contributed by atoms with Crippen molar-refractivity contribution in [1.82, 2.24) is 25.0 Å². The van der Waals surface area contributed by atoms with E-state index < -0.39 is 29.3 Å². The number of piperazine rings is 1. The molecule has 0 radical (unpaired) electrons. The molecule has 6 heterocycles. The second-order valence-electron chi connectivity index (χ2n) is 13.4. The zero-order chi connectivity index (χ0) is 29.3. The molecular formula is C33H35N5O5. The number of benzene rings is 2. The maximum absolute atomic E-state index is 14.3. The van der Waals surface area contributed by atoms with Crippen LogP contribution in [0.4, 0.5) is 0 Å². The number of epoxide rings is 1. The first-order chi connectivity index (χ1) is 20.7. The van der Waals surface area contributed by atoms with E-state index in [1.165, 1.54) is 21.4 Å². The fourth-order valence-electron chi connectivity index (χ4n) is 8.99. The summed E-state index contributed by atoms with van der Waals surface area (Å²) in [6.07, 6.45) is 5.45. The van der Waals surface area contributed by atoms with Gasteiger partial charge in [-0.15, -0.1) is 0 Å². The Morgan fingerprint density at radius 2 is 1.95 bits per heavy atom. The highest BCUT2D eigenvalue weighted by atomic mass is 16.9. The summed E-state index contributed by atoms with van der Waals surface area (Å²) in [5, 5.41) is 4.30. The van der Waals surface area contributed by atoms with E-state index in [4.69, 9.17) is 9.47 Å². The number of likely N-dealkylation sites (tertiary alicyclic amines) is 1. The molecule has 1 aromatic heterocycles. The van der Waals surface area contributed by atoms with Crippen LogP contribution in [0, 0.1) is 5.92 Å². The van der Waals surface area contributed by atoms with Gasteiger partial charge in [-0.25, -0.2) is 0 Å². The van der Waals surface area contributed by atoms with E-state index >= 15 is 0 Å². The highest BCUT2D eigenvalue weighted by molar-refractivity contribution is 5.98. The first-order valence-corrected chi connectivity index (χ1v) is 15.5. The van der Waals surface area contributed by atoms with Gasteiger partial charge in [0.25, 0.3) is 5.91 Å². The molecule has 1 aliphatic carbocycles. The highest BCUT2D eigenvalue weighted by Gasteiger charge is 2.90. The Kier molecular flexibility index (Phi) is 5.06. The standard InChI is InChI=1S/C33H35N5O5/c1-31(35-28(39)21-15-23-22-10-6-11-24-27(22)20(17-34-24)16-25(23)36(2)18-21)30(41)38-26(14-19-8-4-3-5-9-19)29(40)37-13-7-12-32(37)33(38,42-31)43-32/h3-6,8-11,17,21,23,25-26,34H,7,12-16,18H2,1-2H3,(H,35,39)/t21-,23-,25-,26+,31-,32-,33-/m1/s1. The van der Waals surface area contributed by atoms with Crippen LogP contribution in [0.15, 0.2) is 54.7 Å². The number of nitrogens with one attached hydrogen (secondary N) is 2. The molecule has 2 aromatic carbocycles. The lowest BCUT2D eigenvalue weighted by Crippen LogP contribution is -2.65. The van der Waals surface area contributed by atoms with Gasteiger partial charge in [0.1, 0.15) is 6.04 Å². The van der Waals surface area contributed by atoms with Crippen LogP contribution < -0.4 is 5.32 Å². The third-order valence-electron chi connectivity index (χ3n) is 11.0. The third-order valence-corrected chi connectivity index (χ3v) is 11.0. The average molecular weight is 582 g/mol. The number of nitrogens with zero attached hydrogens (tertiary/aromatic N) is 3. The summed E-state index contributed by atoms with van der Waals surface area (Å²) in [6.45, 7) is 2.76. The maximum Gasteiger partial charge on any atom is 0.310 e. The lowest BCUT2D eigenvalue weighted by Gasteiger charge is -2.45. The molecule has 222 valence electrons. The van der Waals surface area contributed by atoms with Crippen LogP contribution in [0.3, 0.4) is 0 Å². The van der Waals surface area contributed by atoms with Crippen molar-refractivity contribution in [3.63, 3.8) is 0 Å². The molecule has 43 heavy (non-hydrogen) atoms. The molecule has 2 N–H and O–H groups in total. The summed E-state index contributed by atoms with van der Waals surface area (Å²) in [5.74, 6) is -2.28. The summed E-state index contributed by atoms with van der Waals surface area (Å²) < 4.78 is 12.8. The number of carbonyl (C=O) groups is 3. The van der Waals surface area contributed by atoms with Crippen molar-refractivity contribution in [3.05, 3.63) is 71.4 Å². The first-order valence-electron chi connectivity index (χ1n) is 15.5. The van der Waals surface area contributed by atoms with Gasteiger partial charge in [0, 0.05) is 55.0 Å². The van der Waals surface area contributed by atoms with Crippen molar-refractivity contribution in [2.75, 3.05) is 20.1 Å². The van der Waals surface area contributed by atoms with Crippen LogP contribution in [0.5, 0.6) is 0 Å². The van der Waals surface area contributed by atoms with Gasteiger partial charge in [-0.3, -0.25) is 28.8 Å². The molecule has 3 amide bonds. The van der Waals surface area contributed by atoms with Gasteiger partial charge >= 0.3 is 5.91 Å². The second kappa shape index (κ2) is 8.46. The molecule has 7 atom stereocenters. The van der Waals surface area contributed by atoms with E-state index in [9.17, 15) is 14.4 Å². The summed E-state index contributed by atoms with van der Waals surface area (Å²) in [7, 11) is 2.09. The Hall–Kier alpha value is -3.73. The molecule has 5 saturated heterocycles. The normalized spacial score (nSPS) is 37.6. The quantitative estimate of drug-likeness (QED) is 0.458. The molecule has 0 unspecified atom stereocenters. The minimum atomic E-state index is -1.65. The van der Waals surface area contributed by atoms with Gasteiger partial charge < -0.3 is 20.1 Å². The van der Waals surface area contributed by atoms with Crippen LogP contribution in [-0.4, -0.2) is 87.0 Å². The van der Waals surface area contributed by atoms with Crippen LogP contribution in [-0.2, 0) is 36.7 Å². The summed E-state index contributed by atoms with van der Waals surface area (Å²) >= 11 is 0. The Labute approximate surface area is 249 Å². The number of likely N-dealkylation sites (N-methyl/N-ethyl adjacent to an activating group) is 1. The smallest absolute Gasteiger partial charge is 0.310 e. The molecule has 0 bridgehead atoms. The average Bonchev–Trinajstić information content (AvgIpc) is 3.28. The lowest BCUT2D eigenvalue weighted by atomic mass is 9.72. The Morgan fingerprint density at radius 1 is 1.12 bits per heavy atom. The fourth-order valence-corrected chi connectivity index (χ4v) is 8.99. The van der Waals surface area contributed by atoms with Crippen LogP contribution in [0.1, 0.15) is 48.8 Å². The van der Waals surface area contributed by atoms with E-state index in [0.717, 1.165) is 23.9 Å². The van der Waals surface area contributed by atoms with Crippen LogP contribution in [0.2, 0.25) is 0 Å². The number of aromatic nitrogens is 1. The summed E-state index contributed by atoms with van der Waals surface area (Å²) in [5.41, 5.74) is 2.05. The van der Waals surface area contributed by atoms with Crippen molar-refractivity contribution in [2.45, 2.75) is 74.4 Å². The number of fused-ring (bicyclic) bond motifs is 2. The molecular weight excluding hydrogens is 546 g/mol. The van der Waals surface area contributed by atoms with Crippen LogP contribution in [0.25, 0.3) is 10.9 Å². The Balaban J connectivity index is 1.01. The molecule has 2 spiro atoms. The van der Waals surface area contributed by atoms with Crippen molar-refractivity contribution in [2.24, 2.45) is 5.92 Å². The van der Waals surface area contributed by atoms with Gasteiger partial charge in [-0.1, -0.05) is 42.5 Å². The van der Waals surface area contributed by atoms with Gasteiger partial charge in [-0.05, 0) is 56.0 Å². The van der Waals surface area contributed by atoms with E-state index in [-0.39, 0.29) is 23.7 Å². The molecule has 0 saturated carbocycles. The Morgan fingerprint density at radius 3 is 2.79 bits per heavy atom. The van der Waals surface area contributed by atoms with Crippen molar-refractivity contribution < 1.29 is 23.9 Å². The number of piperidine rings is 1.